The van der Waals surface area contributed by atoms with E-state index in [-0.39, 0.29) is 0 Å². The third-order valence-corrected chi connectivity index (χ3v) is 4.91. The fourth-order valence-electron chi connectivity index (χ4n) is 3.65. The van der Waals surface area contributed by atoms with Crippen LogP contribution in [0, 0.1) is 11.3 Å². The van der Waals surface area contributed by atoms with Gasteiger partial charge in [0.1, 0.15) is 0 Å². The Morgan fingerprint density at radius 3 is 2.84 bits per heavy atom. The molecule has 0 radical (unpaired) electrons. The van der Waals surface area contributed by atoms with Crippen molar-refractivity contribution < 1.29 is 0 Å². The van der Waals surface area contributed by atoms with Crippen molar-refractivity contribution in [1.29, 1.82) is 0 Å². The standard InChI is InChI=1S/C16H29N3/c1-5-19-12-13(11-18-19)10-15(17-4)14-8-6-7-9-16(14,2)3/h11-12,14-15,17H,5-10H2,1-4H3. The molecule has 0 bridgehead atoms. The zero-order valence-corrected chi connectivity index (χ0v) is 12.9. The van der Waals surface area contributed by atoms with Gasteiger partial charge >= 0.3 is 0 Å². The molecule has 19 heavy (non-hydrogen) atoms. The molecule has 108 valence electrons. The highest BCUT2D eigenvalue weighted by Crippen LogP contribution is 2.42. The van der Waals surface area contributed by atoms with Crippen LogP contribution in [0.4, 0.5) is 0 Å². The van der Waals surface area contributed by atoms with Crippen molar-refractivity contribution in [3.63, 3.8) is 0 Å². The highest BCUT2D eigenvalue weighted by atomic mass is 15.3. The van der Waals surface area contributed by atoms with Gasteiger partial charge in [0.05, 0.1) is 6.20 Å². The molecule has 3 heteroatoms. The fourth-order valence-corrected chi connectivity index (χ4v) is 3.65. The van der Waals surface area contributed by atoms with Gasteiger partial charge in [-0.3, -0.25) is 4.68 Å². The highest BCUT2D eigenvalue weighted by Gasteiger charge is 2.36. The van der Waals surface area contributed by atoms with E-state index in [1.54, 1.807) is 0 Å². The normalized spacial score (nSPS) is 24.3. The van der Waals surface area contributed by atoms with Crippen LogP contribution in [-0.2, 0) is 13.0 Å². The quantitative estimate of drug-likeness (QED) is 0.884. The number of hydrogen-bond donors (Lipinski definition) is 1. The van der Waals surface area contributed by atoms with Gasteiger partial charge in [0.2, 0.25) is 0 Å². The smallest absolute Gasteiger partial charge is 0.0522 e. The monoisotopic (exact) mass is 263 g/mol. The van der Waals surface area contributed by atoms with Gasteiger partial charge in [-0.2, -0.15) is 5.10 Å². The number of rotatable bonds is 5. The minimum atomic E-state index is 0.465. The molecule has 1 aromatic heterocycles. The predicted octanol–water partition coefficient (Wildman–Crippen LogP) is 3.25. The summed E-state index contributed by atoms with van der Waals surface area (Å²) < 4.78 is 2.02. The largest absolute Gasteiger partial charge is 0.316 e. The van der Waals surface area contributed by atoms with Crippen molar-refractivity contribution in [3.8, 4) is 0 Å². The molecule has 2 rings (SSSR count). The van der Waals surface area contributed by atoms with E-state index in [0.29, 0.717) is 11.5 Å². The van der Waals surface area contributed by atoms with Crippen LogP contribution in [-0.4, -0.2) is 22.9 Å². The van der Waals surface area contributed by atoms with Crippen LogP contribution in [0.25, 0.3) is 0 Å². The van der Waals surface area contributed by atoms with Gasteiger partial charge in [0.25, 0.3) is 0 Å². The van der Waals surface area contributed by atoms with Crippen LogP contribution in [0.5, 0.6) is 0 Å². The summed E-state index contributed by atoms with van der Waals surface area (Å²) in [5.41, 5.74) is 1.83. The van der Waals surface area contributed by atoms with Crippen molar-refractivity contribution in [2.75, 3.05) is 7.05 Å². The van der Waals surface area contributed by atoms with E-state index in [9.17, 15) is 0 Å². The maximum Gasteiger partial charge on any atom is 0.0522 e. The van der Waals surface area contributed by atoms with Crippen molar-refractivity contribution >= 4 is 0 Å². The first-order valence-corrected chi connectivity index (χ1v) is 7.75. The highest BCUT2D eigenvalue weighted by molar-refractivity contribution is 5.08. The Hall–Kier alpha value is -0.830. The van der Waals surface area contributed by atoms with Gasteiger partial charge in [0.15, 0.2) is 0 Å². The molecule has 1 saturated carbocycles. The van der Waals surface area contributed by atoms with Crippen molar-refractivity contribution in [2.45, 2.75) is 65.5 Å². The predicted molar refractivity (Wildman–Crippen MR) is 80.2 cm³/mol. The summed E-state index contributed by atoms with van der Waals surface area (Å²) in [6.07, 6.45) is 10.8. The minimum Gasteiger partial charge on any atom is -0.316 e. The average Bonchev–Trinajstić information content (AvgIpc) is 2.84. The first-order valence-electron chi connectivity index (χ1n) is 7.75. The van der Waals surface area contributed by atoms with Gasteiger partial charge in [-0.25, -0.2) is 0 Å². The van der Waals surface area contributed by atoms with Crippen LogP contribution in [0.2, 0.25) is 0 Å². The summed E-state index contributed by atoms with van der Waals surface area (Å²) in [6.45, 7) is 7.98. The Bertz CT molecular complexity index is 394. The first-order chi connectivity index (χ1) is 9.06. The van der Waals surface area contributed by atoms with E-state index in [0.717, 1.165) is 18.9 Å². The molecule has 1 aromatic rings. The molecule has 2 unspecified atom stereocenters. The van der Waals surface area contributed by atoms with E-state index in [1.165, 1.54) is 31.2 Å². The molecule has 1 fully saturated rings. The van der Waals surface area contributed by atoms with Crippen molar-refractivity contribution in [2.24, 2.45) is 11.3 Å². The molecule has 1 aliphatic rings. The summed E-state index contributed by atoms with van der Waals surface area (Å²) in [7, 11) is 2.11. The second-order valence-electron chi connectivity index (χ2n) is 6.64. The lowest BCUT2D eigenvalue weighted by atomic mass is 9.65. The maximum absolute atomic E-state index is 4.39. The zero-order chi connectivity index (χ0) is 13.9. The lowest BCUT2D eigenvalue weighted by Crippen LogP contribution is -2.44. The second kappa shape index (κ2) is 6.08. The topological polar surface area (TPSA) is 29.9 Å². The molecule has 0 amide bonds. The summed E-state index contributed by atoms with van der Waals surface area (Å²) in [5.74, 6) is 0.774. The lowest BCUT2D eigenvalue weighted by Gasteiger charge is -2.43. The van der Waals surface area contributed by atoms with E-state index in [2.05, 4.69) is 44.4 Å². The number of aromatic nitrogens is 2. The van der Waals surface area contributed by atoms with Gasteiger partial charge in [0, 0.05) is 18.8 Å². The molecule has 0 spiro atoms. The van der Waals surface area contributed by atoms with Crippen LogP contribution < -0.4 is 5.32 Å². The van der Waals surface area contributed by atoms with Crippen LogP contribution >= 0.6 is 0 Å². The second-order valence-corrected chi connectivity index (χ2v) is 6.64. The zero-order valence-electron chi connectivity index (χ0n) is 12.9. The summed E-state index contributed by atoms with van der Waals surface area (Å²) in [6, 6.07) is 0.574. The van der Waals surface area contributed by atoms with Crippen LogP contribution in [0.3, 0.4) is 0 Å². The van der Waals surface area contributed by atoms with E-state index >= 15 is 0 Å². The first kappa shape index (κ1) is 14.6. The Morgan fingerprint density at radius 2 is 2.26 bits per heavy atom. The average molecular weight is 263 g/mol. The Morgan fingerprint density at radius 1 is 1.47 bits per heavy atom. The Labute approximate surface area is 117 Å². The van der Waals surface area contributed by atoms with E-state index in [4.69, 9.17) is 0 Å². The molecule has 0 aromatic carbocycles. The molecule has 1 aliphatic carbocycles. The number of hydrogen-bond acceptors (Lipinski definition) is 2. The summed E-state index contributed by atoms with van der Waals surface area (Å²) in [5, 5.41) is 7.96. The minimum absolute atomic E-state index is 0.465. The van der Waals surface area contributed by atoms with E-state index < -0.39 is 0 Å². The third kappa shape index (κ3) is 3.38. The molecular formula is C16H29N3. The van der Waals surface area contributed by atoms with Gasteiger partial charge in [-0.15, -0.1) is 0 Å². The van der Waals surface area contributed by atoms with Crippen LogP contribution in [0.15, 0.2) is 12.4 Å². The third-order valence-electron chi connectivity index (χ3n) is 4.91. The molecule has 0 saturated heterocycles. The summed E-state index contributed by atoms with van der Waals surface area (Å²) >= 11 is 0. The Balaban J connectivity index is 2.06. The number of nitrogens with zero attached hydrogens (tertiary/aromatic N) is 2. The van der Waals surface area contributed by atoms with E-state index in [1.807, 2.05) is 10.9 Å². The van der Waals surface area contributed by atoms with Crippen LogP contribution in [0.1, 0.15) is 52.0 Å². The van der Waals surface area contributed by atoms with Gasteiger partial charge in [-0.05, 0) is 50.1 Å². The number of likely N-dealkylation sites (N-methyl/N-ethyl adjacent to an activating group) is 1. The number of aryl methyl sites for hydroxylation is 1. The SMILES string of the molecule is CCn1cc(CC(NC)C2CCCCC2(C)C)cn1. The molecule has 1 heterocycles. The molecule has 3 nitrogen and oxygen atoms in total. The lowest BCUT2D eigenvalue weighted by molar-refractivity contribution is 0.101. The molecular weight excluding hydrogens is 234 g/mol. The summed E-state index contributed by atoms with van der Waals surface area (Å²) in [4.78, 5) is 0. The van der Waals surface area contributed by atoms with Crippen molar-refractivity contribution in [3.05, 3.63) is 18.0 Å². The molecule has 2 atom stereocenters. The number of nitrogens with one attached hydrogen (secondary N) is 1. The van der Waals surface area contributed by atoms with Crippen molar-refractivity contribution in [1.82, 2.24) is 15.1 Å². The molecule has 0 aliphatic heterocycles. The molecule has 1 N–H and O–H groups in total. The Kier molecular flexibility index (Phi) is 4.67. The maximum atomic E-state index is 4.39. The van der Waals surface area contributed by atoms with Gasteiger partial charge in [-0.1, -0.05) is 26.7 Å². The van der Waals surface area contributed by atoms with Gasteiger partial charge < -0.3 is 5.32 Å². The fraction of sp³-hybridized carbons (Fsp3) is 0.812.